The molecule has 0 fully saturated rings. The molecule has 2 N–H and O–H groups in total. The first-order chi connectivity index (χ1) is 8.09. The highest BCUT2D eigenvalue weighted by molar-refractivity contribution is 5.90. The highest BCUT2D eigenvalue weighted by atomic mass is 16.5. The van der Waals surface area contributed by atoms with E-state index in [1.54, 1.807) is 6.08 Å². The van der Waals surface area contributed by atoms with E-state index in [1.807, 2.05) is 43.3 Å². The molecule has 0 heterocycles. The second-order valence-corrected chi connectivity index (χ2v) is 3.93. The van der Waals surface area contributed by atoms with Gasteiger partial charge in [-0.2, -0.15) is 0 Å². The Hall–Kier alpha value is -1.81. The number of para-hydroxylation sites is 1. The highest BCUT2D eigenvalue weighted by Crippen LogP contribution is 2.19. The van der Waals surface area contributed by atoms with E-state index < -0.39 is 5.91 Å². The van der Waals surface area contributed by atoms with Gasteiger partial charge >= 0.3 is 0 Å². The molecular weight excluding hydrogens is 216 g/mol. The highest BCUT2D eigenvalue weighted by Gasteiger charge is 2.00. The van der Waals surface area contributed by atoms with Gasteiger partial charge in [0.1, 0.15) is 12.4 Å². The smallest absolute Gasteiger partial charge is 0.241 e. The minimum absolute atomic E-state index is 0.465. The largest absolute Gasteiger partial charge is 0.492 e. The van der Waals surface area contributed by atoms with Gasteiger partial charge in [-0.3, -0.25) is 4.79 Å². The molecule has 0 aromatic heterocycles. The quantitative estimate of drug-likeness (QED) is 0.751. The first-order valence-electron chi connectivity index (χ1n) is 5.43. The average molecular weight is 234 g/mol. The number of benzene rings is 1. The fourth-order valence-corrected chi connectivity index (χ4v) is 1.26. The summed E-state index contributed by atoms with van der Waals surface area (Å²) in [6.45, 7) is 1.45. The van der Waals surface area contributed by atoms with E-state index in [1.165, 1.54) is 6.08 Å². The van der Waals surface area contributed by atoms with E-state index in [0.717, 1.165) is 17.9 Å². The van der Waals surface area contributed by atoms with Gasteiger partial charge in [0.05, 0.1) is 0 Å². The van der Waals surface area contributed by atoms with Gasteiger partial charge in [0.25, 0.3) is 0 Å². The number of hydrogen-bond acceptors (Lipinski definition) is 3. The molecule has 0 aliphatic rings. The van der Waals surface area contributed by atoms with Gasteiger partial charge < -0.3 is 15.4 Å². The van der Waals surface area contributed by atoms with E-state index in [4.69, 9.17) is 10.5 Å². The first-order valence-corrected chi connectivity index (χ1v) is 5.43. The van der Waals surface area contributed by atoms with Crippen molar-refractivity contribution in [1.82, 2.24) is 4.90 Å². The fraction of sp³-hybridized carbons (Fsp3) is 0.308. The number of hydrogen-bond donors (Lipinski definition) is 1. The number of ether oxygens (including phenoxy) is 1. The van der Waals surface area contributed by atoms with Gasteiger partial charge in [-0.05, 0) is 26.2 Å². The Balaban J connectivity index is 2.67. The van der Waals surface area contributed by atoms with Crippen molar-refractivity contribution >= 4 is 12.0 Å². The Morgan fingerprint density at radius 1 is 1.41 bits per heavy atom. The molecule has 1 amide bonds. The molecule has 92 valence electrons. The zero-order chi connectivity index (χ0) is 12.7. The molecule has 0 atom stereocenters. The van der Waals surface area contributed by atoms with Crippen LogP contribution in [-0.2, 0) is 4.79 Å². The van der Waals surface area contributed by atoms with Crippen molar-refractivity contribution in [1.29, 1.82) is 0 Å². The number of likely N-dealkylation sites (N-methyl/N-ethyl adjacent to an activating group) is 1. The number of carbonyl (C=O) groups is 1. The third-order valence-electron chi connectivity index (χ3n) is 2.14. The Kier molecular flexibility index (Phi) is 5.23. The molecule has 0 radical (unpaired) electrons. The molecule has 4 heteroatoms. The lowest BCUT2D eigenvalue weighted by molar-refractivity contribution is -0.113. The maximum Gasteiger partial charge on any atom is 0.241 e. The third kappa shape index (κ3) is 5.17. The number of nitrogens with zero attached hydrogens (tertiary/aromatic N) is 1. The molecule has 0 bridgehead atoms. The summed E-state index contributed by atoms with van der Waals surface area (Å²) in [5, 5.41) is 0. The Labute approximate surface area is 102 Å². The summed E-state index contributed by atoms with van der Waals surface area (Å²) < 4.78 is 5.64. The van der Waals surface area contributed by atoms with Gasteiger partial charge in [0.2, 0.25) is 5.91 Å². The molecule has 0 saturated heterocycles. The van der Waals surface area contributed by atoms with Crippen LogP contribution in [0.3, 0.4) is 0 Å². The molecule has 0 aliphatic carbocycles. The van der Waals surface area contributed by atoms with Gasteiger partial charge in [-0.25, -0.2) is 0 Å². The van der Waals surface area contributed by atoms with Crippen molar-refractivity contribution in [3.05, 3.63) is 35.9 Å². The van der Waals surface area contributed by atoms with Gasteiger partial charge in [0, 0.05) is 18.2 Å². The van der Waals surface area contributed by atoms with E-state index in [2.05, 4.69) is 0 Å². The van der Waals surface area contributed by atoms with Crippen LogP contribution < -0.4 is 10.5 Å². The van der Waals surface area contributed by atoms with Gasteiger partial charge in [-0.15, -0.1) is 0 Å². The second-order valence-electron chi connectivity index (χ2n) is 3.93. The number of amides is 1. The van der Waals surface area contributed by atoms with Crippen LogP contribution in [0.25, 0.3) is 6.08 Å². The van der Waals surface area contributed by atoms with Crippen molar-refractivity contribution in [2.24, 2.45) is 5.73 Å². The monoisotopic (exact) mass is 234 g/mol. The Morgan fingerprint density at radius 2 is 2.12 bits per heavy atom. The SMILES string of the molecule is CN(C)CCOc1ccccc1C=CC(N)=O. The number of carbonyl (C=O) groups excluding carboxylic acids is 1. The Bertz CT molecular complexity index is 400. The lowest BCUT2D eigenvalue weighted by atomic mass is 10.2. The summed E-state index contributed by atoms with van der Waals surface area (Å²) in [7, 11) is 3.98. The van der Waals surface area contributed by atoms with Crippen LogP contribution in [0, 0.1) is 0 Å². The number of primary amides is 1. The molecule has 1 aromatic carbocycles. The number of nitrogens with two attached hydrogens (primary N) is 1. The van der Waals surface area contributed by atoms with Gasteiger partial charge in [0.15, 0.2) is 0 Å². The van der Waals surface area contributed by atoms with Crippen LogP contribution in [0.1, 0.15) is 5.56 Å². The van der Waals surface area contributed by atoms with E-state index >= 15 is 0 Å². The zero-order valence-corrected chi connectivity index (χ0v) is 10.2. The molecule has 1 aromatic rings. The molecule has 0 unspecified atom stereocenters. The second kappa shape index (κ2) is 6.70. The molecule has 4 nitrogen and oxygen atoms in total. The van der Waals surface area contributed by atoms with E-state index in [9.17, 15) is 4.79 Å². The summed E-state index contributed by atoms with van der Waals surface area (Å²) in [5.41, 5.74) is 5.91. The van der Waals surface area contributed by atoms with Crippen LogP contribution in [0.5, 0.6) is 5.75 Å². The van der Waals surface area contributed by atoms with Crippen LogP contribution in [-0.4, -0.2) is 38.1 Å². The van der Waals surface area contributed by atoms with Gasteiger partial charge in [-0.1, -0.05) is 18.2 Å². The average Bonchev–Trinajstić information content (AvgIpc) is 2.27. The van der Waals surface area contributed by atoms with Crippen LogP contribution in [0.4, 0.5) is 0 Å². The zero-order valence-electron chi connectivity index (χ0n) is 10.2. The third-order valence-corrected chi connectivity index (χ3v) is 2.14. The predicted octanol–water partition coefficient (Wildman–Crippen LogP) is 1.13. The molecule has 0 saturated carbocycles. The molecular formula is C13H18N2O2. The minimum Gasteiger partial charge on any atom is -0.492 e. The van der Waals surface area contributed by atoms with E-state index in [0.29, 0.717) is 6.61 Å². The van der Waals surface area contributed by atoms with Crippen LogP contribution in [0.2, 0.25) is 0 Å². The molecule has 0 spiro atoms. The Morgan fingerprint density at radius 3 is 2.76 bits per heavy atom. The summed E-state index contributed by atoms with van der Waals surface area (Å²) >= 11 is 0. The standard InChI is InChI=1S/C13H18N2O2/c1-15(2)9-10-17-12-6-4-3-5-11(12)7-8-13(14)16/h3-8H,9-10H2,1-2H3,(H2,14,16). The van der Waals surface area contributed by atoms with Crippen LogP contribution >= 0.6 is 0 Å². The summed E-state index contributed by atoms with van der Waals surface area (Å²) in [5.74, 6) is 0.292. The number of rotatable bonds is 6. The topological polar surface area (TPSA) is 55.6 Å². The molecule has 17 heavy (non-hydrogen) atoms. The van der Waals surface area contributed by atoms with Crippen molar-refractivity contribution < 1.29 is 9.53 Å². The fourth-order valence-electron chi connectivity index (χ4n) is 1.26. The molecule has 1 rings (SSSR count). The van der Waals surface area contributed by atoms with Crippen molar-refractivity contribution in [3.63, 3.8) is 0 Å². The van der Waals surface area contributed by atoms with E-state index in [-0.39, 0.29) is 0 Å². The van der Waals surface area contributed by atoms with Crippen molar-refractivity contribution in [2.75, 3.05) is 27.2 Å². The van der Waals surface area contributed by atoms with Crippen molar-refractivity contribution in [3.8, 4) is 5.75 Å². The normalized spacial score (nSPS) is 11.0. The summed E-state index contributed by atoms with van der Waals surface area (Å²) in [4.78, 5) is 12.7. The first kappa shape index (κ1) is 13.3. The van der Waals surface area contributed by atoms with Crippen LogP contribution in [0.15, 0.2) is 30.3 Å². The predicted molar refractivity (Wildman–Crippen MR) is 68.7 cm³/mol. The lowest BCUT2D eigenvalue weighted by Crippen LogP contribution is -2.19. The summed E-state index contributed by atoms with van der Waals surface area (Å²) in [6.07, 6.45) is 2.99. The lowest BCUT2D eigenvalue weighted by Gasteiger charge is -2.12. The maximum absolute atomic E-state index is 10.7. The summed E-state index contributed by atoms with van der Waals surface area (Å²) in [6, 6.07) is 7.53. The van der Waals surface area contributed by atoms with Crippen molar-refractivity contribution in [2.45, 2.75) is 0 Å². The minimum atomic E-state index is -0.465. The maximum atomic E-state index is 10.7. The molecule has 0 aliphatic heterocycles.